The maximum Gasteiger partial charge on any atom is 0.282 e. The van der Waals surface area contributed by atoms with Gasteiger partial charge in [0.1, 0.15) is 18.1 Å². The first kappa shape index (κ1) is 13.0. The molecule has 1 N–H and O–H groups in total. The topological polar surface area (TPSA) is 62.6 Å². The lowest BCUT2D eigenvalue weighted by molar-refractivity contribution is -0.122. The Labute approximate surface area is 110 Å². The highest BCUT2D eigenvalue weighted by atomic mass is 32.2. The van der Waals surface area contributed by atoms with Crippen LogP contribution in [0.1, 0.15) is 24.5 Å². The van der Waals surface area contributed by atoms with E-state index in [0.717, 1.165) is 17.3 Å². The third kappa shape index (κ3) is 3.07. The van der Waals surface area contributed by atoms with E-state index >= 15 is 0 Å². The van der Waals surface area contributed by atoms with E-state index in [4.69, 9.17) is 4.42 Å². The zero-order chi connectivity index (χ0) is 13.1. The molecule has 1 fully saturated rings. The van der Waals surface area contributed by atoms with Crippen LogP contribution in [0.2, 0.25) is 0 Å². The molecule has 2 amide bonds. The maximum atomic E-state index is 11.8. The van der Waals surface area contributed by atoms with Crippen molar-refractivity contribution in [3.05, 3.63) is 23.7 Å². The Morgan fingerprint density at radius 2 is 2.39 bits per heavy atom. The monoisotopic (exact) mass is 268 g/mol. The number of carbonyl (C=O) groups excluding carboxylic acids is 2. The summed E-state index contributed by atoms with van der Waals surface area (Å²) in [7, 11) is 0. The van der Waals surface area contributed by atoms with Crippen molar-refractivity contribution in [2.45, 2.75) is 19.9 Å². The van der Waals surface area contributed by atoms with Gasteiger partial charge in [-0.1, -0.05) is 11.8 Å². The van der Waals surface area contributed by atoms with Crippen LogP contribution in [0.5, 0.6) is 0 Å². The second-order valence-corrected chi connectivity index (χ2v) is 5.32. The van der Waals surface area contributed by atoms with E-state index in [9.17, 15) is 9.59 Å². The fourth-order valence-electron chi connectivity index (χ4n) is 1.79. The lowest BCUT2D eigenvalue weighted by Gasteiger charge is -2.16. The minimum absolute atomic E-state index is 0.0216. The quantitative estimate of drug-likeness (QED) is 0.906. The van der Waals surface area contributed by atoms with Gasteiger partial charge < -0.3 is 14.6 Å². The highest BCUT2D eigenvalue weighted by molar-refractivity contribution is 8.13. The van der Waals surface area contributed by atoms with E-state index in [1.165, 1.54) is 11.8 Å². The third-order valence-electron chi connectivity index (χ3n) is 2.74. The molecule has 1 atom stereocenters. The minimum atomic E-state index is -0.184. The van der Waals surface area contributed by atoms with Gasteiger partial charge >= 0.3 is 0 Å². The molecule has 1 aromatic rings. The lowest BCUT2D eigenvalue weighted by atomic mass is 10.2. The third-order valence-corrected chi connectivity index (χ3v) is 3.64. The molecule has 1 aliphatic heterocycles. The van der Waals surface area contributed by atoms with Gasteiger partial charge in [-0.2, -0.15) is 0 Å². The van der Waals surface area contributed by atoms with Crippen LogP contribution in [0.4, 0.5) is 4.79 Å². The highest BCUT2D eigenvalue weighted by Gasteiger charge is 2.24. The van der Waals surface area contributed by atoms with E-state index in [1.807, 2.05) is 26.0 Å². The molecule has 6 heteroatoms. The predicted octanol–water partition coefficient (Wildman–Crippen LogP) is 1.93. The second kappa shape index (κ2) is 5.48. The second-order valence-electron chi connectivity index (χ2n) is 4.27. The summed E-state index contributed by atoms with van der Waals surface area (Å²) in [6.07, 6.45) is 0. The normalized spacial score (nSPS) is 17.0. The molecular formula is C12H16N2O3S. The average molecular weight is 268 g/mol. The number of hydrogen-bond donors (Lipinski definition) is 1. The van der Waals surface area contributed by atoms with Crippen molar-refractivity contribution in [3.8, 4) is 0 Å². The van der Waals surface area contributed by atoms with Gasteiger partial charge in [0.15, 0.2) is 0 Å². The standard InChI is InChI=1S/C12H16N2O3S/c1-8-3-4-10(17-8)9(2)13-11(15)7-14-5-6-18-12(14)16/h3-4,9H,5-7H2,1-2H3,(H,13,15)/t9-/m1/s1. The summed E-state index contributed by atoms with van der Waals surface area (Å²) in [6, 6.07) is 3.52. The predicted molar refractivity (Wildman–Crippen MR) is 69.4 cm³/mol. The van der Waals surface area contributed by atoms with Gasteiger partial charge in [0.05, 0.1) is 6.04 Å². The Balaban J connectivity index is 1.85. The fourth-order valence-corrected chi connectivity index (χ4v) is 2.61. The van der Waals surface area contributed by atoms with Crippen LogP contribution in [0.25, 0.3) is 0 Å². The lowest BCUT2D eigenvalue weighted by Crippen LogP contribution is -2.38. The van der Waals surface area contributed by atoms with Crippen molar-refractivity contribution in [2.75, 3.05) is 18.8 Å². The van der Waals surface area contributed by atoms with Gasteiger partial charge in [0.25, 0.3) is 5.24 Å². The molecule has 18 heavy (non-hydrogen) atoms. The number of rotatable bonds is 4. The van der Waals surface area contributed by atoms with Crippen molar-refractivity contribution in [1.82, 2.24) is 10.2 Å². The Morgan fingerprint density at radius 1 is 1.61 bits per heavy atom. The van der Waals surface area contributed by atoms with Crippen molar-refractivity contribution >= 4 is 22.9 Å². The maximum absolute atomic E-state index is 11.8. The number of amides is 2. The van der Waals surface area contributed by atoms with Gasteiger partial charge in [0, 0.05) is 12.3 Å². The molecule has 1 saturated heterocycles. The van der Waals surface area contributed by atoms with Crippen LogP contribution in [-0.2, 0) is 4.79 Å². The van der Waals surface area contributed by atoms with Crippen LogP contribution in [0, 0.1) is 6.92 Å². The summed E-state index contributed by atoms with van der Waals surface area (Å²) < 4.78 is 5.44. The number of hydrogen-bond acceptors (Lipinski definition) is 4. The van der Waals surface area contributed by atoms with Crippen LogP contribution < -0.4 is 5.32 Å². The highest BCUT2D eigenvalue weighted by Crippen LogP contribution is 2.18. The first-order valence-electron chi connectivity index (χ1n) is 5.83. The van der Waals surface area contributed by atoms with E-state index < -0.39 is 0 Å². The molecule has 0 unspecified atom stereocenters. The minimum Gasteiger partial charge on any atom is -0.464 e. The summed E-state index contributed by atoms with van der Waals surface area (Å²) in [5, 5.41) is 2.80. The van der Waals surface area contributed by atoms with Crippen LogP contribution in [0.15, 0.2) is 16.5 Å². The van der Waals surface area contributed by atoms with Crippen LogP contribution in [0.3, 0.4) is 0 Å². The van der Waals surface area contributed by atoms with Crippen LogP contribution >= 0.6 is 11.8 Å². The largest absolute Gasteiger partial charge is 0.464 e. The number of nitrogens with zero attached hydrogens (tertiary/aromatic N) is 1. The van der Waals surface area contributed by atoms with E-state index in [1.54, 1.807) is 4.90 Å². The van der Waals surface area contributed by atoms with Crippen molar-refractivity contribution in [1.29, 1.82) is 0 Å². The molecule has 5 nitrogen and oxygen atoms in total. The zero-order valence-electron chi connectivity index (χ0n) is 10.4. The van der Waals surface area contributed by atoms with Gasteiger partial charge in [0.2, 0.25) is 5.91 Å². The molecule has 0 bridgehead atoms. The molecule has 0 aromatic carbocycles. The number of thioether (sulfide) groups is 1. The molecule has 1 aromatic heterocycles. The Morgan fingerprint density at radius 3 is 2.94 bits per heavy atom. The van der Waals surface area contributed by atoms with E-state index in [2.05, 4.69) is 5.32 Å². The Kier molecular flexibility index (Phi) is 3.96. The first-order chi connectivity index (χ1) is 8.56. The number of nitrogens with one attached hydrogen (secondary N) is 1. The number of aryl methyl sites for hydroxylation is 1. The summed E-state index contributed by atoms with van der Waals surface area (Å²) in [5.74, 6) is 2.14. The average Bonchev–Trinajstić information content (AvgIpc) is 2.89. The Hall–Kier alpha value is -1.43. The summed E-state index contributed by atoms with van der Waals surface area (Å²) in [6.45, 7) is 4.48. The smallest absolute Gasteiger partial charge is 0.282 e. The summed E-state index contributed by atoms with van der Waals surface area (Å²) in [4.78, 5) is 24.7. The molecule has 2 rings (SSSR count). The van der Waals surface area contributed by atoms with Gasteiger partial charge in [-0.3, -0.25) is 9.59 Å². The summed E-state index contributed by atoms with van der Waals surface area (Å²) in [5.41, 5.74) is 0. The molecule has 0 radical (unpaired) electrons. The van der Waals surface area contributed by atoms with E-state index in [0.29, 0.717) is 6.54 Å². The van der Waals surface area contributed by atoms with Crippen molar-refractivity contribution in [3.63, 3.8) is 0 Å². The number of furan rings is 1. The van der Waals surface area contributed by atoms with Crippen LogP contribution in [-0.4, -0.2) is 34.9 Å². The van der Waals surface area contributed by atoms with Gasteiger partial charge in [-0.25, -0.2) is 0 Å². The molecule has 0 spiro atoms. The van der Waals surface area contributed by atoms with Gasteiger partial charge in [-0.15, -0.1) is 0 Å². The zero-order valence-corrected chi connectivity index (χ0v) is 11.3. The molecule has 2 heterocycles. The van der Waals surface area contributed by atoms with Gasteiger partial charge in [-0.05, 0) is 26.0 Å². The SMILES string of the molecule is Cc1ccc([C@@H](C)NC(=O)CN2CCSC2=O)o1. The molecule has 0 aliphatic carbocycles. The fraction of sp³-hybridized carbons (Fsp3) is 0.500. The van der Waals surface area contributed by atoms with Crippen molar-refractivity contribution in [2.24, 2.45) is 0 Å². The molecular weight excluding hydrogens is 252 g/mol. The molecule has 0 saturated carbocycles. The molecule has 1 aliphatic rings. The Bertz CT molecular complexity index is 458. The first-order valence-corrected chi connectivity index (χ1v) is 6.82. The molecule has 98 valence electrons. The number of carbonyl (C=O) groups is 2. The summed E-state index contributed by atoms with van der Waals surface area (Å²) >= 11 is 1.25. The van der Waals surface area contributed by atoms with Crippen molar-refractivity contribution < 1.29 is 14.0 Å². The van der Waals surface area contributed by atoms with E-state index in [-0.39, 0.29) is 23.7 Å².